The number of nitro benzene ring substituents is 1. The summed E-state index contributed by atoms with van der Waals surface area (Å²) in [6.45, 7) is -2.90. The molecule has 0 saturated heterocycles. The summed E-state index contributed by atoms with van der Waals surface area (Å²) in [5, 5.41) is 10.7. The zero-order valence-corrected chi connectivity index (χ0v) is 15.2. The highest BCUT2D eigenvalue weighted by molar-refractivity contribution is 8.07. The zero-order valence-electron chi connectivity index (χ0n) is 11.2. The highest BCUT2D eigenvalue weighted by Crippen LogP contribution is 2.57. The van der Waals surface area contributed by atoms with E-state index in [0.29, 0.717) is 6.42 Å². The third-order valence-corrected chi connectivity index (χ3v) is 6.49. The minimum Gasteiger partial charge on any atom is -0.423 e. The molecule has 0 amide bonds. The fourth-order valence-corrected chi connectivity index (χ4v) is 3.73. The Morgan fingerprint density at radius 3 is 2.64 bits per heavy atom. The Morgan fingerprint density at radius 2 is 2.18 bits per heavy atom. The van der Waals surface area contributed by atoms with E-state index >= 15 is 0 Å². The summed E-state index contributed by atoms with van der Waals surface area (Å²) in [6.07, 6.45) is 0.605. The van der Waals surface area contributed by atoms with Crippen LogP contribution in [0.15, 0.2) is 18.2 Å². The van der Waals surface area contributed by atoms with Crippen LogP contribution in [-0.4, -0.2) is 23.0 Å². The van der Waals surface area contributed by atoms with Crippen molar-refractivity contribution in [2.45, 2.75) is 10.8 Å². The molecule has 11 heteroatoms. The van der Waals surface area contributed by atoms with Crippen molar-refractivity contribution in [1.29, 1.82) is 0 Å². The molecule has 6 nitrogen and oxygen atoms in total. The van der Waals surface area contributed by atoms with Gasteiger partial charge in [-0.05, 0) is 12.5 Å². The van der Waals surface area contributed by atoms with Gasteiger partial charge in [0.2, 0.25) is 0 Å². The summed E-state index contributed by atoms with van der Waals surface area (Å²) in [4.78, 5) is 10.1. The molecule has 1 fully saturated rings. The molecule has 122 valence electrons. The second-order valence-corrected chi connectivity index (χ2v) is 9.54. The highest BCUT2D eigenvalue weighted by atomic mass is 35.5. The van der Waals surface area contributed by atoms with Gasteiger partial charge in [-0.3, -0.25) is 14.6 Å². The molecule has 1 aromatic rings. The summed E-state index contributed by atoms with van der Waals surface area (Å²) in [7, 11) is 1.35. The predicted octanol–water partition coefficient (Wildman–Crippen LogP) is 4.71. The van der Waals surface area contributed by atoms with E-state index in [1.165, 1.54) is 19.2 Å². The molecule has 1 aromatic carbocycles. The maximum Gasteiger partial charge on any atom is 0.380 e. The third kappa shape index (κ3) is 4.45. The first-order valence-corrected chi connectivity index (χ1v) is 9.67. The molecule has 1 aliphatic rings. The van der Waals surface area contributed by atoms with E-state index in [1.807, 2.05) is 0 Å². The standard InChI is InChI=1S/C11H11Cl3NO5PS/c1-18-21(22,19-6-7-5-11(7,13)14)20-10-3-2-8(15(16)17)4-9(10)12/h2-4,7H,5-6H2,1H3. The van der Waals surface area contributed by atoms with Gasteiger partial charge in [0.05, 0.1) is 16.6 Å². The fourth-order valence-electron chi connectivity index (χ4n) is 1.55. The van der Waals surface area contributed by atoms with E-state index in [0.717, 1.165) is 6.07 Å². The molecule has 0 radical (unpaired) electrons. The number of nitro groups is 1. The average molecular weight is 407 g/mol. The molecule has 0 aromatic heterocycles. The van der Waals surface area contributed by atoms with Gasteiger partial charge in [-0.15, -0.1) is 23.2 Å². The van der Waals surface area contributed by atoms with Gasteiger partial charge in [0.15, 0.2) is 0 Å². The number of rotatable bonds is 7. The molecule has 0 spiro atoms. The normalized spacial score (nSPS) is 21.9. The van der Waals surface area contributed by atoms with Crippen molar-refractivity contribution in [3.05, 3.63) is 33.3 Å². The van der Waals surface area contributed by atoms with Crippen molar-refractivity contribution in [2.75, 3.05) is 13.7 Å². The molecule has 2 unspecified atom stereocenters. The van der Waals surface area contributed by atoms with Crippen LogP contribution >= 0.6 is 41.5 Å². The summed E-state index contributed by atoms with van der Waals surface area (Å²) in [5.41, 5.74) is -0.156. The lowest BCUT2D eigenvalue weighted by Gasteiger charge is -2.21. The van der Waals surface area contributed by atoms with Crippen molar-refractivity contribution in [3.63, 3.8) is 0 Å². The molecule has 22 heavy (non-hydrogen) atoms. The topological polar surface area (TPSA) is 70.8 Å². The molecule has 0 N–H and O–H groups in total. The van der Waals surface area contributed by atoms with Crippen LogP contribution in [-0.2, 0) is 20.9 Å². The van der Waals surface area contributed by atoms with Crippen molar-refractivity contribution in [1.82, 2.24) is 0 Å². The number of nitrogens with zero attached hydrogens (tertiary/aromatic N) is 1. The number of hydrogen-bond donors (Lipinski definition) is 0. The Balaban J connectivity index is 2.05. The molecule has 0 bridgehead atoms. The van der Waals surface area contributed by atoms with Gasteiger partial charge in [0.25, 0.3) is 5.69 Å². The fraction of sp³-hybridized carbons (Fsp3) is 0.455. The van der Waals surface area contributed by atoms with E-state index in [2.05, 4.69) is 0 Å². The monoisotopic (exact) mass is 405 g/mol. The van der Waals surface area contributed by atoms with Crippen molar-refractivity contribution in [2.24, 2.45) is 5.92 Å². The smallest absolute Gasteiger partial charge is 0.380 e. The third-order valence-electron chi connectivity index (χ3n) is 2.95. The van der Waals surface area contributed by atoms with Gasteiger partial charge < -0.3 is 9.05 Å². The highest BCUT2D eigenvalue weighted by Gasteiger charge is 2.52. The summed E-state index contributed by atoms with van der Waals surface area (Å²) >= 11 is 23.0. The summed E-state index contributed by atoms with van der Waals surface area (Å²) in [6, 6.07) is 3.75. The van der Waals surface area contributed by atoms with Crippen molar-refractivity contribution in [3.8, 4) is 5.75 Å². The lowest BCUT2D eigenvalue weighted by molar-refractivity contribution is -0.384. The molecule has 1 saturated carbocycles. The SMILES string of the molecule is COP(=S)(OCC1CC1(Cl)Cl)Oc1ccc([N+](=O)[O-])cc1Cl. The lowest BCUT2D eigenvalue weighted by Crippen LogP contribution is -2.05. The second-order valence-electron chi connectivity index (χ2n) is 4.55. The van der Waals surface area contributed by atoms with E-state index in [9.17, 15) is 10.1 Å². The Bertz CT molecular complexity index is 644. The molecule has 1 aliphatic carbocycles. The number of alkyl halides is 2. The van der Waals surface area contributed by atoms with Gasteiger partial charge in [0, 0.05) is 37.0 Å². The van der Waals surface area contributed by atoms with Crippen molar-refractivity contribution >= 4 is 59.0 Å². The molecular formula is C11H11Cl3NO5PS. The predicted molar refractivity (Wildman–Crippen MR) is 88.5 cm³/mol. The largest absolute Gasteiger partial charge is 0.423 e. The van der Waals surface area contributed by atoms with Gasteiger partial charge in [-0.25, -0.2) is 0 Å². The number of non-ortho nitro benzene ring substituents is 1. The Morgan fingerprint density at radius 1 is 1.55 bits per heavy atom. The molecule has 0 aliphatic heterocycles. The maximum atomic E-state index is 10.7. The van der Waals surface area contributed by atoms with Gasteiger partial charge in [0.1, 0.15) is 10.1 Å². The van der Waals surface area contributed by atoms with Crippen LogP contribution in [0.1, 0.15) is 6.42 Å². The molecule has 2 rings (SSSR count). The molecule has 2 atom stereocenters. The molecule has 0 heterocycles. The minimum absolute atomic E-state index is 0.0377. The lowest BCUT2D eigenvalue weighted by atomic mass is 10.3. The Labute approximate surface area is 147 Å². The van der Waals surface area contributed by atoms with E-state index in [1.54, 1.807) is 0 Å². The van der Waals surface area contributed by atoms with Crippen LogP contribution in [0.5, 0.6) is 5.75 Å². The van der Waals surface area contributed by atoms with Crippen LogP contribution in [0.2, 0.25) is 5.02 Å². The number of benzene rings is 1. The Hall–Kier alpha value is -0.140. The van der Waals surface area contributed by atoms with E-state index in [4.69, 9.17) is 60.2 Å². The van der Waals surface area contributed by atoms with Crippen molar-refractivity contribution < 1.29 is 18.5 Å². The zero-order chi connectivity index (χ0) is 16.5. The van der Waals surface area contributed by atoms with Crippen LogP contribution in [0.25, 0.3) is 0 Å². The van der Waals surface area contributed by atoms with Gasteiger partial charge >= 0.3 is 6.72 Å². The van der Waals surface area contributed by atoms with Gasteiger partial charge in [-0.1, -0.05) is 11.6 Å². The summed E-state index contributed by atoms with van der Waals surface area (Å²) in [5.74, 6) is 0.112. The number of hydrogen-bond acceptors (Lipinski definition) is 6. The quantitative estimate of drug-likeness (QED) is 0.283. The van der Waals surface area contributed by atoms with Crippen LogP contribution in [0.3, 0.4) is 0 Å². The Kier molecular flexibility index (Phi) is 5.60. The maximum absolute atomic E-state index is 10.7. The minimum atomic E-state index is -3.10. The molecular weight excluding hydrogens is 396 g/mol. The van der Waals surface area contributed by atoms with Crippen LogP contribution < -0.4 is 4.52 Å². The van der Waals surface area contributed by atoms with E-state index in [-0.39, 0.29) is 29.0 Å². The average Bonchev–Trinajstić information content (AvgIpc) is 3.06. The second kappa shape index (κ2) is 6.77. The van der Waals surface area contributed by atoms with Crippen LogP contribution in [0.4, 0.5) is 5.69 Å². The first-order chi connectivity index (χ1) is 10.2. The van der Waals surface area contributed by atoms with Gasteiger partial charge in [-0.2, -0.15) is 0 Å². The van der Waals surface area contributed by atoms with E-state index < -0.39 is 16.0 Å². The first-order valence-electron chi connectivity index (χ1n) is 5.98. The number of halogens is 3. The first kappa shape index (κ1) is 18.2. The van der Waals surface area contributed by atoms with Crippen LogP contribution in [0, 0.1) is 16.0 Å². The summed E-state index contributed by atoms with van der Waals surface area (Å²) < 4.78 is 15.3.